The summed E-state index contributed by atoms with van der Waals surface area (Å²) in [6.45, 7) is 4.60. The van der Waals surface area contributed by atoms with Crippen LogP contribution in [0.15, 0.2) is 199 Å². The van der Waals surface area contributed by atoms with Gasteiger partial charge in [0.1, 0.15) is 11.2 Å². The molecule has 0 unspecified atom stereocenters. The number of aromatic nitrogens is 4. The Labute approximate surface area is 383 Å². The highest BCUT2D eigenvalue weighted by molar-refractivity contribution is 7.25. The highest BCUT2D eigenvalue weighted by Gasteiger charge is 2.35. The van der Waals surface area contributed by atoms with Crippen LogP contribution in [0.5, 0.6) is 0 Å². The molecule has 1 aliphatic rings. The number of fused-ring (bicyclic) bond motifs is 12. The molecule has 0 amide bonds. The van der Waals surface area contributed by atoms with E-state index >= 15 is 0 Å². The lowest BCUT2D eigenvalue weighted by Crippen LogP contribution is -2.15. The van der Waals surface area contributed by atoms with Crippen LogP contribution in [0.25, 0.3) is 126 Å². The van der Waals surface area contributed by atoms with E-state index in [0.717, 1.165) is 44.2 Å². The molecule has 0 radical (unpaired) electrons. The average Bonchev–Trinajstić information content (AvgIpc) is 4.09. The van der Waals surface area contributed by atoms with Gasteiger partial charge in [-0.15, -0.1) is 11.3 Å². The highest BCUT2D eigenvalue weighted by atomic mass is 32.1. The third-order valence-electron chi connectivity index (χ3n) is 13.9. The molecule has 6 heteroatoms. The Kier molecular flexibility index (Phi) is 7.84. The minimum Gasteiger partial charge on any atom is -0.456 e. The van der Waals surface area contributed by atoms with Crippen LogP contribution in [-0.4, -0.2) is 19.5 Å². The van der Waals surface area contributed by atoms with Gasteiger partial charge >= 0.3 is 0 Å². The van der Waals surface area contributed by atoms with Crippen LogP contribution in [0.4, 0.5) is 0 Å². The van der Waals surface area contributed by atoms with Gasteiger partial charge in [0.15, 0.2) is 17.5 Å². The Morgan fingerprint density at radius 1 is 0.394 bits per heavy atom. The van der Waals surface area contributed by atoms with Gasteiger partial charge in [-0.2, -0.15) is 0 Å². The van der Waals surface area contributed by atoms with Crippen LogP contribution < -0.4 is 0 Å². The summed E-state index contributed by atoms with van der Waals surface area (Å²) in [5.41, 5.74) is 15.4. The third kappa shape index (κ3) is 5.55. The molecule has 4 aromatic heterocycles. The summed E-state index contributed by atoms with van der Waals surface area (Å²) in [6.07, 6.45) is 0. The summed E-state index contributed by atoms with van der Waals surface area (Å²) in [6, 6.07) is 69.5. The van der Waals surface area contributed by atoms with Gasteiger partial charge in [0.05, 0.1) is 11.0 Å². The van der Waals surface area contributed by atoms with Crippen molar-refractivity contribution in [3.05, 3.63) is 205 Å². The van der Waals surface area contributed by atoms with Gasteiger partial charge in [-0.05, 0) is 94.0 Å². The van der Waals surface area contributed by atoms with E-state index < -0.39 is 0 Å². The minimum atomic E-state index is -0.141. The van der Waals surface area contributed by atoms with E-state index in [0.29, 0.717) is 17.5 Å². The molecule has 0 fully saturated rings. The number of hydrogen-bond acceptors (Lipinski definition) is 5. The fourth-order valence-electron chi connectivity index (χ4n) is 10.6. The van der Waals surface area contributed by atoms with Crippen molar-refractivity contribution in [3.8, 4) is 62.1 Å². The van der Waals surface area contributed by atoms with Crippen LogP contribution in [0.1, 0.15) is 25.0 Å². The fourth-order valence-corrected chi connectivity index (χ4v) is 11.8. The van der Waals surface area contributed by atoms with E-state index in [2.05, 4.69) is 182 Å². The molecule has 9 aromatic carbocycles. The predicted octanol–water partition coefficient (Wildman–Crippen LogP) is 16.2. The van der Waals surface area contributed by atoms with E-state index in [9.17, 15) is 0 Å². The fraction of sp³-hybridized carbons (Fsp3) is 0.0500. The third-order valence-corrected chi connectivity index (χ3v) is 15.0. The van der Waals surface area contributed by atoms with Crippen molar-refractivity contribution in [1.29, 1.82) is 0 Å². The molecule has 0 aliphatic heterocycles. The van der Waals surface area contributed by atoms with Crippen molar-refractivity contribution in [2.75, 3.05) is 0 Å². The SMILES string of the molecule is CC1(C)c2ccccc2-c2ccc(-c3nc(-c4ccccc4)nc(-c4ccc5c(c4)oc4ccc(-c6ccc7c(c6)sc6cc(-n8c9ccccc9c9ccccc98)ccc67)cc45)n3)cc21. The van der Waals surface area contributed by atoms with E-state index in [1.807, 2.05) is 41.7 Å². The first-order valence-electron chi connectivity index (χ1n) is 22.4. The molecule has 0 spiro atoms. The standard InChI is InChI=1S/C60H38N4OS/c1-60(2)49-17-9-6-14-41(49)42-25-21-38(31-50(42)60)58-61-57(35-12-4-3-5-13-35)62-59(63-58)39-22-26-45-48-30-36(23-29-53(48)65-54(45)32-39)37-20-27-46-47-28-24-40(34-56(47)66-55(46)33-37)64-51-18-10-7-15-43(51)44-16-8-11-19-52(44)64/h3-34H,1-2H3. The Morgan fingerprint density at radius 2 is 0.970 bits per heavy atom. The van der Waals surface area contributed by atoms with Gasteiger partial charge in [-0.3, -0.25) is 0 Å². The van der Waals surface area contributed by atoms with Crippen molar-refractivity contribution in [2.45, 2.75) is 19.3 Å². The van der Waals surface area contributed by atoms with E-state index in [4.69, 9.17) is 19.4 Å². The summed E-state index contributed by atoms with van der Waals surface area (Å²) in [7, 11) is 0. The number of para-hydroxylation sites is 2. The summed E-state index contributed by atoms with van der Waals surface area (Å²) in [5, 5.41) is 7.22. The van der Waals surface area contributed by atoms with Gasteiger partial charge in [-0.1, -0.05) is 147 Å². The molecule has 13 aromatic rings. The molecule has 0 bridgehead atoms. The van der Waals surface area contributed by atoms with Crippen LogP contribution >= 0.6 is 11.3 Å². The first-order valence-corrected chi connectivity index (χ1v) is 23.2. The number of hydrogen-bond donors (Lipinski definition) is 0. The average molecular weight is 863 g/mol. The number of furan rings is 1. The lowest BCUT2D eigenvalue weighted by Gasteiger charge is -2.21. The van der Waals surface area contributed by atoms with Gasteiger partial charge in [0.2, 0.25) is 0 Å². The van der Waals surface area contributed by atoms with Crippen molar-refractivity contribution >= 4 is 75.3 Å². The second-order valence-electron chi connectivity index (χ2n) is 18.0. The highest BCUT2D eigenvalue weighted by Crippen LogP contribution is 2.49. The monoisotopic (exact) mass is 862 g/mol. The van der Waals surface area contributed by atoms with E-state index in [-0.39, 0.29) is 5.41 Å². The lowest BCUT2D eigenvalue weighted by molar-refractivity contribution is 0.660. The van der Waals surface area contributed by atoms with Gasteiger partial charge in [0, 0.05) is 69.5 Å². The maximum absolute atomic E-state index is 6.57. The smallest absolute Gasteiger partial charge is 0.164 e. The summed E-state index contributed by atoms with van der Waals surface area (Å²) >= 11 is 1.85. The van der Waals surface area contributed by atoms with Crippen LogP contribution in [-0.2, 0) is 5.41 Å². The molecule has 0 saturated heterocycles. The summed E-state index contributed by atoms with van der Waals surface area (Å²) in [5.74, 6) is 1.87. The molecular formula is C60H38N4OS. The van der Waals surface area contributed by atoms with Crippen molar-refractivity contribution < 1.29 is 4.42 Å². The maximum atomic E-state index is 6.57. The molecule has 1 aliphatic carbocycles. The van der Waals surface area contributed by atoms with Gasteiger partial charge in [0.25, 0.3) is 0 Å². The lowest BCUT2D eigenvalue weighted by atomic mass is 9.82. The van der Waals surface area contributed by atoms with Crippen molar-refractivity contribution in [2.24, 2.45) is 0 Å². The molecule has 0 atom stereocenters. The molecular weight excluding hydrogens is 825 g/mol. The van der Waals surface area contributed by atoms with Gasteiger partial charge < -0.3 is 8.98 Å². The summed E-state index contributed by atoms with van der Waals surface area (Å²) < 4.78 is 11.5. The minimum absolute atomic E-state index is 0.141. The molecule has 310 valence electrons. The molecule has 5 nitrogen and oxygen atoms in total. The second-order valence-corrected chi connectivity index (χ2v) is 19.1. The maximum Gasteiger partial charge on any atom is 0.164 e. The number of rotatable bonds is 5. The number of thiophene rings is 1. The van der Waals surface area contributed by atoms with Crippen molar-refractivity contribution in [1.82, 2.24) is 19.5 Å². The van der Waals surface area contributed by atoms with Crippen LogP contribution in [0.3, 0.4) is 0 Å². The number of nitrogens with zero attached hydrogens (tertiary/aromatic N) is 4. The Bertz CT molecular complexity index is 4100. The normalized spacial score (nSPS) is 13.1. The van der Waals surface area contributed by atoms with E-state index in [1.165, 1.54) is 75.5 Å². The largest absolute Gasteiger partial charge is 0.456 e. The zero-order chi connectivity index (χ0) is 43.7. The van der Waals surface area contributed by atoms with Crippen LogP contribution in [0.2, 0.25) is 0 Å². The number of benzene rings is 9. The first kappa shape index (κ1) is 37.2. The van der Waals surface area contributed by atoms with Crippen LogP contribution in [0, 0.1) is 0 Å². The topological polar surface area (TPSA) is 56.7 Å². The molecule has 0 saturated carbocycles. The molecule has 0 N–H and O–H groups in total. The Hall–Kier alpha value is -8.19. The van der Waals surface area contributed by atoms with Crippen molar-refractivity contribution in [3.63, 3.8) is 0 Å². The van der Waals surface area contributed by atoms with Gasteiger partial charge in [-0.25, -0.2) is 15.0 Å². The molecule has 14 rings (SSSR count). The molecule has 66 heavy (non-hydrogen) atoms. The Balaban J connectivity index is 0.829. The molecule has 4 heterocycles. The second kappa shape index (κ2) is 13.9. The zero-order valence-electron chi connectivity index (χ0n) is 36.1. The Morgan fingerprint density at radius 3 is 1.76 bits per heavy atom. The summed E-state index contributed by atoms with van der Waals surface area (Å²) in [4.78, 5) is 15.3. The first-order chi connectivity index (χ1) is 32.4. The quantitative estimate of drug-likeness (QED) is 0.173. The predicted molar refractivity (Wildman–Crippen MR) is 274 cm³/mol. The zero-order valence-corrected chi connectivity index (χ0v) is 36.9. The van der Waals surface area contributed by atoms with E-state index in [1.54, 1.807) is 0 Å².